The SMILES string of the molecule is CCCCC/C=C(/CCCCC)C(=O)[O-].CCCCC/C=C(/CCCCC)C(=O)[O-].[Zn+2]. The molecule has 0 bridgehead atoms. The van der Waals surface area contributed by atoms with Crippen LogP contribution in [0, 0.1) is 0 Å². The van der Waals surface area contributed by atoms with E-state index in [1.165, 1.54) is 25.7 Å². The maximum absolute atomic E-state index is 10.8. The minimum absolute atomic E-state index is 0. The van der Waals surface area contributed by atoms with Crippen molar-refractivity contribution in [1.29, 1.82) is 0 Å². The number of allylic oxidation sites excluding steroid dienone is 2. The van der Waals surface area contributed by atoms with Crippen LogP contribution in [0.5, 0.6) is 0 Å². The van der Waals surface area contributed by atoms with Crippen molar-refractivity contribution in [2.45, 2.75) is 130 Å². The molecule has 0 aliphatic heterocycles. The van der Waals surface area contributed by atoms with Gasteiger partial charge in [-0.3, -0.25) is 0 Å². The Balaban J connectivity index is -0.000000490. The van der Waals surface area contributed by atoms with E-state index in [2.05, 4.69) is 27.7 Å². The Hall–Kier alpha value is -0.957. The predicted octanol–water partition coefficient (Wildman–Crippen LogP) is 5.64. The molecule has 0 aromatic rings. The predicted molar refractivity (Wildman–Crippen MR) is 123 cm³/mol. The van der Waals surface area contributed by atoms with Crippen LogP contribution in [0.15, 0.2) is 23.3 Å². The van der Waals surface area contributed by atoms with Gasteiger partial charge in [-0.2, -0.15) is 0 Å². The first-order chi connectivity index (χ1) is 14.4. The molecule has 0 saturated heterocycles. The molecule has 0 aliphatic carbocycles. The summed E-state index contributed by atoms with van der Waals surface area (Å²) in [5.41, 5.74) is 0.999. The van der Waals surface area contributed by atoms with E-state index in [1.807, 2.05) is 12.2 Å². The van der Waals surface area contributed by atoms with E-state index in [1.54, 1.807) is 0 Å². The van der Waals surface area contributed by atoms with Crippen molar-refractivity contribution < 1.29 is 39.3 Å². The zero-order valence-electron chi connectivity index (χ0n) is 20.8. The van der Waals surface area contributed by atoms with Crippen LogP contribution in [-0.2, 0) is 29.1 Å². The van der Waals surface area contributed by atoms with Crippen LogP contribution in [0.3, 0.4) is 0 Å². The van der Waals surface area contributed by atoms with Crippen LogP contribution in [0.2, 0.25) is 0 Å². The molecule has 0 N–H and O–H groups in total. The van der Waals surface area contributed by atoms with Gasteiger partial charge in [0.25, 0.3) is 0 Å². The summed E-state index contributed by atoms with van der Waals surface area (Å²) in [7, 11) is 0. The number of carbonyl (C=O) groups is 2. The Morgan fingerprint density at radius 1 is 0.548 bits per heavy atom. The van der Waals surface area contributed by atoms with E-state index in [0.29, 0.717) is 24.0 Å². The third kappa shape index (κ3) is 25.2. The number of aliphatic carboxylic acids is 2. The third-order valence-electron chi connectivity index (χ3n) is 5.02. The molecule has 0 unspecified atom stereocenters. The average molecular weight is 488 g/mol. The van der Waals surface area contributed by atoms with E-state index in [-0.39, 0.29) is 19.5 Å². The van der Waals surface area contributed by atoms with Crippen molar-refractivity contribution in [2.24, 2.45) is 0 Å². The second-order valence-electron chi connectivity index (χ2n) is 7.94. The maximum atomic E-state index is 10.8. The molecule has 0 aromatic heterocycles. The normalized spacial score (nSPS) is 11.4. The zero-order chi connectivity index (χ0) is 23.0. The van der Waals surface area contributed by atoms with Crippen LogP contribution < -0.4 is 10.2 Å². The third-order valence-corrected chi connectivity index (χ3v) is 5.02. The molecular formula is C26H46O4Zn. The minimum Gasteiger partial charge on any atom is -0.545 e. The molecule has 0 rings (SSSR count). The summed E-state index contributed by atoms with van der Waals surface area (Å²) >= 11 is 0. The Morgan fingerprint density at radius 2 is 0.839 bits per heavy atom. The first-order valence-corrected chi connectivity index (χ1v) is 12.2. The van der Waals surface area contributed by atoms with Gasteiger partial charge >= 0.3 is 19.5 Å². The Labute approximate surface area is 204 Å². The number of carbonyl (C=O) groups excluding carboxylic acids is 2. The molecule has 0 aliphatic rings. The summed E-state index contributed by atoms with van der Waals surface area (Å²) < 4.78 is 0. The largest absolute Gasteiger partial charge is 2.00 e. The monoisotopic (exact) mass is 486 g/mol. The van der Waals surface area contributed by atoms with Gasteiger partial charge in [-0.1, -0.05) is 91.2 Å². The van der Waals surface area contributed by atoms with Crippen molar-refractivity contribution in [3.05, 3.63) is 23.3 Å². The van der Waals surface area contributed by atoms with Crippen LogP contribution in [0.4, 0.5) is 0 Å². The fraction of sp³-hybridized carbons (Fsp3) is 0.769. The number of hydrogen-bond donors (Lipinski definition) is 0. The number of rotatable bonds is 18. The van der Waals surface area contributed by atoms with Crippen LogP contribution >= 0.6 is 0 Å². The molecule has 0 saturated carbocycles. The Bertz CT molecular complexity index is 440. The number of carboxylic acid groups (broad SMARTS) is 2. The molecule has 0 amide bonds. The molecule has 0 spiro atoms. The van der Waals surface area contributed by atoms with Gasteiger partial charge in [0, 0.05) is 0 Å². The summed E-state index contributed by atoms with van der Waals surface area (Å²) in [6.07, 6.45) is 20.0. The fourth-order valence-corrected chi connectivity index (χ4v) is 3.05. The van der Waals surface area contributed by atoms with E-state index in [9.17, 15) is 19.8 Å². The molecule has 176 valence electrons. The molecule has 31 heavy (non-hydrogen) atoms. The van der Waals surface area contributed by atoms with E-state index < -0.39 is 11.9 Å². The van der Waals surface area contributed by atoms with Crippen LogP contribution in [0.25, 0.3) is 0 Å². The quantitative estimate of drug-likeness (QED) is 0.142. The maximum Gasteiger partial charge on any atom is 2.00 e. The van der Waals surface area contributed by atoms with E-state index in [0.717, 1.165) is 64.2 Å². The van der Waals surface area contributed by atoms with Crippen molar-refractivity contribution in [3.63, 3.8) is 0 Å². The van der Waals surface area contributed by atoms with E-state index >= 15 is 0 Å². The standard InChI is InChI=1S/2C13H24O2.Zn/c2*1-3-5-7-9-11-12(13(14)15)10-8-6-4-2;/h2*11H,3-10H2,1-2H3,(H,14,15);/q;;+2/p-2/b2*12-11-;. The van der Waals surface area contributed by atoms with Gasteiger partial charge in [-0.25, -0.2) is 0 Å². The van der Waals surface area contributed by atoms with Gasteiger partial charge in [0.1, 0.15) is 0 Å². The summed E-state index contributed by atoms with van der Waals surface area (Å²) in [6.45, 7) is 8.52. The number of unbranched alkanes of at least 4 members (excludes halogenated alkanes) is 10. The van der Waals surface area contributed by atoms with Crippen LogP contribution in [0.1, 0.15) is 130 Å². The van der Waals surface area contributed by atoms with Crippen LogP contribution in [-0.4, -0.2) is 11.9 Å². The second kappa shape index (κ2) is 27.1. The van der Waals surface area contributed by atoms with Gasteiger partial charge in [-0.15, -0.1) is 0 Å². The fourth-order valence-electron chi connectivity index (χ4n) is 3.05. The molecule has 0 aromatic carbocycles. The summed E-state index contributed by atoms with van der Waals surface area (Å²) in [5, 5.41) is 21.6. The number of carboxylic acids is 2. The van der Waals surface area contributed by atoms with Crippen molar-refractivity contribution in [2.75, 3.05) is 0 Å². The van der Waals surface area contributed by atoms with Gasteiger partial charge in [0.2, 0.25) is 0 Å². The summed E-state index contributed by atoms with van der Waals surface area (Å²) in [4.78, 5) is 21.6. The van der Waals surface area contributed by atoms with Gasteiger partial charge < -0.3 is 19.8 Å². The zero-order valence-corrected chi connectivity index (χ0v) is 23.8. The average Bonchev–Trinajstić information content (AvgIpc) is 2.71. The second-order valence-corrected chi connectivity index (χ2v) is 7.94. The number of hydrogen-bond acceptors (Lipinski definition) is 4. The topological polar surface area (TPSA) is 80.3 Å². The molecule has 0 heterocycles. The summed E-state index contributed by atoms with van der Waals surface area (Å²) in [6, 6.07) is 0. The summed E-state index contributed by atoms with van der Waals surface area (Å²) in [5.74, 6) is -1.97. The molecule has 0 radical (unpaired) electrons. The van der Waals surface area contributed by atoms with Crippen molar-refractivity contribution >= 4 is 11.9 Å². The van der Waals surface area contributed by atoms with Gasteiger partial charge in [-0.05, 0) is 62.5 Å². The smallest absolute Gasteiger partial charge is 0.545 e. The molecule has 0 fully saturated rings. The first-order valence-electron chi connectivity index (χ1n) is 12.2. The van der Waals surface area contributed by atoms with E-state index in [4.69, 9.17) is 0 Å². The van der Waals surface area contributed by atoms with Gasteiger partial charge in [0.15, 0.2) is 0 Å². The molecular weight excluding hydrogens is 442 g/mol. The van der Waals surface area contributed by atoms with Crippen molar-refractivity contribution in [3.8, 4) is 0 Å². The molecule has 0 atom stereocenters. The minimum atomic E-state index is -0.984. The molecule has 4 nitrogen and oxygen atoms in total. The Kier molecular flexibility index (Phi) is 30.3. The Morgan fingerprint density at radius 3 is 1.10 bits per heavy atom. The van der Waals surface area contributed by atoms with Crippen molar-refractivity contribution in [1.82, 2.24) is 0 Å². The van der Waals surface area contributed by atoms with Gasteiger partial charge in [0.05, 0.1) is 11.9 Å². The molecule has 5 heteroatoms. The first kappa shape index (κ1) is 34.7.